The highest BCUT2D eigenvalue weighted by Crippen LogP contribution is 1.82. The molecule has 0 saturated carbocycles. The van der Waals surface area contributed by atoms with Crippen LogP contribution in [0, 0.1) is 6.92 Å². The van der Waals surface area contributed by atoms with Gasteiger partial charge in [0.15, 0.2) is 6.29 Å². The Bertz CT molecular complexity index is 24.7. The first-order valence-electron chi connectivity index (χ1n) is 1.70. The zero-order valence-corrected chi connectivity index (χ0v) is 4.10. The van der Waals surface area contributed by atoms with Gasteiger partial charge in [0.05, 0.1) is 0 Å². The van der Waals surface area contributed by atoms with E-state index >= 15 is 0 Å². The van der Waals surface area contributed by atoms with Gasteiger partial charge in [-0.1, -0.05) is 0 Å². The van der Waals surface area contributed by atoms with Crippen LogP contribution in [-0.2, 0) is 9.47 Å². The van der Waals surface area contributed by atoms with E-state index in [1.54, 1.807) is 14.2 Å². The highest BCUT2D eigenvalue weighted by atomic mass is 16.7. The maximum atomic E-state index is 4.57. The van der Waals surface area contributed by atoms with Crippen molar-refractivity contribution in [2.75, 3.05) is 14.2 Å². The molecule has 0 rings (SSSR count). The van der Waals surface area contributed by atoms with E-state index in [-0.39, 0.29) is 6.29 Å². The van der Waals surface area contributed by atoms with E-state index in [1.807, 2.05) is 0 Å². The molecule has 0 fully saturated rings. The molecule has 0 heterocycles. The molecule has 1 radical (unpaired) electrons. The molecular weight excluding hydrogens is 80.0 g/mol. The van der Waals surface area contributed by atoms with Crippen LogP contribution in [0.15, 0.2) is 0 Å². The topological polar surface area (TPSA) is 18.5 Å². The minimum Gasteiger partial charge on any atom is -0.356 e. The summed E-state index contributed by atoms with van der Waals surface area (Å²) in [6.45, 7) is 3.43. The molecule has 37 valence electrons. The van der Waals surface area contributed by atoms with Gasteiger partial charge in [0.25, 0.3) is 0 Å². The molecule has 0 aliphatic rings. The van der Waals surface area contributed by atoms with Gasteiger partial charge in [-0.2, -0.15) is 0 Å². The lowest BCUT2D eigenvalue weighted by atomic mass is 10.8. The predicted molar refractivity (Wildman–Crippen MR) is 23.2 cm³/mol. The van der Waals surface area contributed by atoms with Gasteiger partial charge >= 0.3 is 0 Å². The first-order chi connectivity index (χ1) is 2.81. The summed E-state index contributed by atoms with van der Waals surface area (Å²) in [4.78, 5) is 0. The van der Waals surface area contributed by atoms with E-state index in [0.29, 0.717) is 0 Å². The van der Waals surface area contributed by atoms with Crippen LogP contribution in [0.2, 0.25) is 0 Å². The van der Waals surface area contributed by atoms with Gasteiger partial charge in [-0.3, -0.25) is 0 Å². The fraction of sp³-hybridized carbons (Fsp3) is 0.750. The average molecular weight is 89.1 g/mol. The maximum Gasteiger partial charge on any atom is 0.157 e. The summed E-state index contributed by atoms with van der Waals surface area (Å²) in [6.07, 6.45) is -0.315. The normalized spacial score (nSPS) is 10.0. The molecular formula is C4H9O2. The molecule has 0 aliphatic heterocycles. The van der Waals surface area contributed by atoms with Crippen LogP contribution < -0.4 is 0 Å². The van der Waals surface area contributed by atoms with Gasteiger partial charge in [-0.25, -0.2) is 0 Å². The third-order valence-corrected chi connectivity index (χ3v) is 0.526. The molecule has 0 bridgehead atoms. The number of ether oxygens (including phenoxy) is 2. The zero-order chi connectivity index (χ0) is 4.99. The second kappa shape index (κ2) is 3.12. The Balaban J connectivity index is 2.75. The third kappa shape index (κ3) is 2.18. The molecule has 0 saturated heterocycles. The molecule has 0 spiro atoms. The van der Waals surface area contributed by atoms with Crippen molar-refractivity contribution < 1.29 is 9.47 Å². The van der Waals surface area contributed by atoms with E-state index in [2.05, 4.69) is 16.4 Å². The summed E-state index contributed by atoms with van der Waals surface area (Å²) < 4.78 is 9.13. The van der Waals surface area contributed by atoms with Gasteiger partial charge in [-0.05, 0) is 0 Å². The molecule has 0 aliphatic carbocycles. The second-order valence-electron chi connectivity index (χ2n) is 0.901. The van der Waals surface area contributed by atoms with Crippen molar-refractivity contribution in [1.82, 2.24) is 0 Å². The van der Waals surface area contributed by atoms with E-state index in [4.69, 9.17) is 0 Å². The van der Waals surface area contributed by atoms with Crippen molar-refractivity contribution in [3.05, 3.63) is 6.92 Å². The number of methoxy groups -OCH3 is 2. The monoisotopic (exact) mass is 89.1 g/mol. The summed E-state index contributed by atoms with van der Waals surface area (Å²) in [5.74, 6) is 0. The van der Waals surface area contributed by atoms with E-state index in [1.165, 1.54) is 0 Å². The average Bonchev–Trinajstić information content (AvgIpc) is 1.65. The smallest absolute Gasteiger partial charge is 0.157 e. The standard InChI is InChI=1S/C4H9O2/c1-4(5-2)6-3/h4H,1H2,2-3H3. The fourth-order valence-corrected chi connectivity index (χ4v) is 0.0962. The largest absolute Gasteiger partial charge is 0.356 e. The summed E-state index contributed by atoms with van der Waals surface area (Å²) in [5, 5.41) is 0. The lowest BCUT2D eigenvalue weighted by Crippen LogP contribution is -2.05. The highest BCUT2D eigenvalue weighted by Gasteiger charge is 1.88. The number of rotatable bonds is 2. The minimum absolute atomic E-state index is 0.315. The first kappa shape index (κ1) is 5.92. The Morgan fingerprint density at radius 1 is 1.33 bits per heavy atom. The van der Waals surface area contributed by atoms with E-state index < -0.39 is 0 Å². The van der Waals surface area contributed by atoms with Crippen LogP contribution in [-0.4, -0.2) is 20.5 Å². The lowest BCUT2D eigenvalue weighted by Gasteiger charge is -2.02. The van der Waals surface area contributed by atoms with Gasteiger partial charge in [0, 0.05) is 21.1 Å². The van der Waals surface area contributed by atoms with Crippen LogP contribution in [0.4, 0.5) is 0 Å². The molecule has 0 aromatic heterocycles. The maximum absolute atomic E-state index is 4.57. The van der Waals surface area contributed by atoms with Gasteiger partial charge in [0.1, 0.15) is 0 Å². The molecule has 6 heavy (non-hydrogen) atoms. The molecule has 0 amide bonds. The summed E-state index contributed by atoms with van der Waals surface area (Å²) in [7, 11) is 3.09. The first-order valence-corrected chi connectivity index (χ1v) is 1.70. The molecule has 0 unspecified atom stereocenters. The van der Waals surface area contributed by atoms with Crippen molar-refractivity contribution >= 4 is 0 Å². The predicted octanol–water partition coefficient (Wildman–Crippen LogP) is 0.439. The Hall–Kier alpha value is -0.0800. The van der Waals surface area contributed by atoms with Crippen molar-refractivity contribution in [1.29, 1.82) is 0 Å². The van der Waals surface area contributed by atoms with Crippen LogP contribution in [0.25, 0.3) is 0 Å². The van der Waals surface area contributed by atoms with E-state index in [0.717, 1.165) is 0 Å². The summed E-state index contributed by atoms with van der Waals surface area (Å²) >= 11 is 0. The summed E-state index contributed by atoms with van der Waals surface area (Å²) in [5.41, 5.74) is 0. The van der Waals surface area contributed by atoms with Crippen LogP contribution in [0.3, 0.4) is 0 Å². The van der Waals surface area contributed by atoms with Crippen LogP contribution in [0.5, 0.6) is 0 Å². The van der Waals surface area contributed by atoms with Crippen molar-refractivity contribution in [3.63, 3.8) is 0 Å². The third-order valence-electron chi connectivity index (χ3n) is 0.526. The molecule has 2 heteroatoms. The Morgan fingerprint density at radius 3 is 1.67 bits per heavy atom. The fourth-order valence-electron chi connectivity index (χ4n) is 0.0962. The SMILES string of the molecule is [CH2]C(OC)OC. The van der Waals surface area contributed by atoms with Crippen LogP contribution >= 0.6 is 0 Å². The Morgan fingerprint density at radius 2 is 1.67 bits per heavy atom. The zero-order valence-electron chi connectivity index (χ0n) is 4.10. The van der Waals surface area contributed by atoms with Gasteiger partial charge < -0.3 is 9.47 Å². The lowest BCUT2D eigenvalue weighted by molar-refractivity contribution is -0.0688. The molecule has 0 aromatic rings. The quantitative estimate of drug-likeness (QED) is 0.457. The van der Waals surface area contributed by atoms with Crippen molar-refractivity contribution in [3.8, 4) is 0 Å². The second-order valence-corrected chi connectivity index (χ2v) is 0.901. The summed E-state index contributed by atoms with van der Waals surface area (Å²) in [6, 6.07) is 0. The number of hydrogen-bond donors (Lipinski definition) is 0. The van der Waals surface area contributed by atoms with E-state index in [9.17, 15) is 0 Å². The molecule has 0 N–H and O–H groups in total. The molecule has 2 nitrogen and oxygen atoms in total. The molecule has 0 aromatic carbocycles. The van der Waals surface area contributed by atoms with Gasteiger partial charge in [0.2, 0.25) is 0 Å². The van der Waals surface area contributed by atoms with Gasteiger partial charge in [-0.15, -0.1) is 0 Å². The number of hydrogen-bond acceptors (Lipinski definition) is 2. The Labute approximate surface area is 38.1 Å². The Kier molecular flexibility index (Phi) is 3.08. The molecule has 0 atom stereocenters. The van der Waals surface area contributed by atoms with Crippen molar-refractivity contribution in [2.45, 2.75) is 6.29 Å². The minimum atomic E-state index is -0.315. The van der Waals surface area contributed by atoms with Crippen LogP contribution in [0.1, 0.15) is 0 Å². The highest BCUT2D eigenvalue weighted by molar-refractivity contribution is 4.37. The van der Waals surface area contributed by atoms with Crippen molar-refractivity contribution in [2.24, 2.45) is 0 Å².